The number of halogens is 8. The average molecular weight is 693 g/mol. The van der Waals surface area contributed by atoms with Gasteiger partial charge < -0.3 is 20.9 Å². The second kappa shape index (κ2) is 13.5. The van der Waals surface area contributed by atoms with Crippen LogP contribution >= 0.6 is 23.2 Å². The van der Waals surface area contributed by atoms with Crippen LogP contribution in [-0.4, -0.2) is 74.0 Å². The molecule has 5 rings (SSSR count). The summed E-state index contributed by atoms with van der Waals surface area (Å²) in [5.74, 6) is -3.22. The normalized spacial score (nSPS) is 19.5. The topological polar surface area (TPSA) is 117 Å². The van der Waals surface area contributed by atoms with Crippen LogP contribution < -0.4 is 16.0 Å². The lowest BCUT2D eigenvalue weighted by Gasteiger charge is -2.32. The first-order valence-electron chi connectivity index (χ1n) is 14.3. The van der Waals surface area contributed by atoms with E-state index >= 15 is 0 Å². The molecule has 0 radical (unpaired) electrons. The summed E-state index contributed by atoms with van der Waals surface area (Å²) in [6.45, 7) is -0.123. The highest BCUT2D eigenvalue weighted by Crippen LogP contribution is 2.33. The van der Waals surface area contributed by atoms with Gasteiger partial charge in [-0.2, -0.15) is 36.4 Å². The molecule has 0 atom stereocenters. The van der Waals surface area contributed by atoms with Gasteiger partial charge in [-0.05, 0) is 56.7 Å². The smallest absolute Gasteiger partial charge is 0.367 e. The van der Waals surface area contributed by atoms with Crippen molar-refractivity contribution in [1.82, 2.24) is 30.0 Å². The molecule has 18 heteroatoms. The van der Waals surface area contributed by atoms with Gasteiger partial charge in [0.15, 0.2) is 0 Å². The minimum Gasteiger partial charge on any atom is -0.367 e. The number of amides is 2. The molecule has 0 bridgehead atoms. The molecule has 1 aliphatic carbocycles. The maximum absolute atomic E-state index is 12.8. The lowest BCUT2D eigenvalue weighted by atomic mass is 9.91. The van der Waals surface area contributed by atoms with Crippen LogP contribution in [0.25, 0.3) is 11.1 Å². The minimum absolute atomic E-state index is 0.0614. The number of benzene rings is 1. The second-order valence-corrected chi connectivity index (χ2v) is 12.0. The fourth-order valence-electron chi connectivity index (χ4n) is 5.55. The Morgan fingerprint density at radius 3 is 2.09 bits per heavy atom. The van der Waals surface area contributed by atoms with Crippen LogP contribution in [0.1, 0.15) is 44.6 Å². The van der Waals surface area contributed by atoms with Crippen molar-refractivity contribution >= 4 is 52.5 Å². The Kier molecular flexibility index (Phi) is 9.86. The number of piperidine rings is 1. The van der Waals surface area contributed by atoms with Gasteiger partial charge in [0.25, 0.3) is 0 Å². The van der Waals surface area contributed by atoms with Gasteiger partial charge in [-0.25, -0.2) is 4.98 Å². The van der Waals surface area contributed by atoms with E-state index in [0.717, 1.165) is 4.90 Å². The zero-order valence-corrected chi connectivity index (χ0v) is 25.4. The summed E-state index contributed by atoms with van der Waals surface area (Å²) < 4.78 is 78.3. The maximum Gasteiger partial charge on any atom is 0.471 e. The standard InChI is InChI=1S/C28H28Cl2F6N8O2/c29-16-9-17(30)11-20(10-16)41-26-37-13-22(23(42-26)39-18-1-3-19(4-2-18)40-24(45)27(31,32)33)15-12-38-44(14-15)21-5-7-43(8-6-21)25(46)28(34,35)36/h9-14,18-19,21H,1-8H2,(H,40,45)(H2,37,39,41,42). The highest BCUT2D eigenvalue weighted by Gasteiger charge is 2.43. The molecule has 248 valence electrons. The van der Waals surface area contributed by atoms with Crippen LogP contribution in [-0.2, 0) is 9.59 Å². The highest BCUT2D eigenvalue weighted by atomic mass is 35.5. The molecule has 1 saturated heterocycles. The van der Waals surface area contributed by atoms with Crippen LogP contribution in [0.4, 0.5) is 43.8 Å². The van der Waals surface area contributed by atoms with Crippen LogP contribution in [0.2, 0.25) is 10.0 Å². The van der Waals surface area contributed by atoms with Crippen molar-refractivity contribution in [2.75, 3.05) is 23.7 Å². The number of likely N-dealkylation sites (tertiary alicyclic amines) is 1. The van der Waals surface area contributed by atoms with Gasteiger partial charge in [0.05, 0.1) is 12.2 Å². The number of alkyl halides is 6. The number of aromatic nitrogens is 4. The molecule has 2 amide bonds. The molecule has 3 aromatic rings. The van der Waals surface area contributed by atoms with Crippen LogP contribution in [0, 0.1) is 0 Å². The molecule has 1 aliphatic heterocycles. The van der Waals surface area contributed by atoms with Gasteiger partial charge in [-0.3, -0.25) is 14.3 Å². The average Bonchev–Trinajstić information content (AvgIpc) is 3.47. The highest BCUT2D eigenvalue weighted by molar-refractivity contribution is 6.35. The van der Waals surface area contributed by atoms with Crippen LogP contribution in [0.3, 0.4) is 0 Å². The quantitative estimate of drug-likeness (QED) is 0.242. The molecule has 1 aromatic carbocycles. The first-order chi connectivity index (χ1) is 21.7. The number of carbonyl (C=O) groups is 2. The second-order valence-electron chi connectivity index (χ2n) is 11.1. The van der Waals surface area contributed by atoms with E-state index in [1.807, 2.05) is 5.32 Å². The van der Waals surface area contributed by atoms with Crippen molar-refractivity contribution < 1.29 is 35.9 Å². The zero-order chi connectivity index (χ0) is 33.2. The zero-order valence-electron chi connectivity index (χ0n) is 23.9. The number of hydrogen-bond acceptors (Lipinski definition) is 7. The minimum atomic E-state index is -4.95. The Bertz CT molecular complexity index is 1550. The van der Waals surface area contributed by atoms with Crippen LogP contribution in [0.15, 0.2) is 36.8 Å². The first kappa shape index (κ1) is 33.6. The number of rotatable bonds is 7. The van der Waals surface area contributed by atoms with Crippen LogP contribution in [0.5, 0.6) is 0 Å². The number of nitrogens with one attached hydrogen (secondary N) is 3. The monoisotopic (exact) mass is 692 g/mol. The van der Waals surface area contributed by atoms with E-state index in [-0.39, 0.29) is 44.0 Å². The van der Waals surface area contributed by atoms with Gasteiger partial charge in [-0.1, -0.05) is 23.2 Å². The van der Waals surface area contributed by atoms with E-state index in [9.17, 15) is 35.9 Å². The predicted molar refractivity (Wildman–Crippen MR) is 158 cm³/mol. The van der Waals surface area contributed by atoms with Gasteiger partial charge in [-0.15, -0.1) is 0 Å². The summed E-state index contributed by atoms with van der Waals surface area (Å²) in [5.41, 5.74) is 1.69. The Balaban J connectivity index is 1.33. The molecule has 3 N–H and O–H groups in total. The van der Waals surface area contributed by atoms with Crippen molar-refractivity contribution in [2.24, 2.45) is 0 Å². The van der Waals surface area contributed by atoms with Gasteiger partial charge in [0, 0.05) is 64.4 Å². The SMILES string of the molecule is O=C(NC1CCC(Nc2nc(Nc3cc(Cl)cc(Cl)c3)ncc2-c2cnn(C3CCN(C(=O)C(F)(F)F)CC3)c2)CC1)C(F)(F)F. The largest absolute Gasteiger partial charge is 0.471 e. The molecule has 46 heavy (non-hydrogen) atoms. The Labute approximate surface area is 268 Å². The van der Waals surface area contributed by atoms with E-state index in [0.29, 0.717) is 58.4 Å². The maximum atomic E-state index is 12.8. The molecule has 10 nitrogen and oxygen atoms in total. The Morgan fingerprint density at radius 1 is 0.848 bits per heavy atom. The molecule has 3 heterocycles. The fourth-order valence-corrected chi connectivity index (χ4v) is 6.08. The Hall–Kier alpha value is -3.79. The molecule has 0 unspecified atom stereocenters. The molecular weight excluding hydrogens is 665 g/mol. The van der Waals surface area contributed by atoms with Gasteiger partial charge in [0.1, 0.15) is 5.82 Å². The lowest BCUT2D eigenvalue weighted by Crippen LogP contribution is -2.45. The molecule has 2 fully saturated rings. The first-order valence-corrected chi connectivity index (χ1v) is 15.1. The third-order valence-corrected chi connectivity index (χ3v) is 8.29. The summed E-state index contributed by atoms with van der Waals surface area (Å²) in [7, 11) is 0. The Morgan fingerprint density at radius 2 is 1.48 bits per heavy atom. The van der Waals surface area contributed by atoms with E-state index in [4.69, 9.17) is 23.2 Å². The number of nitrogens with zero attached hydrogens (tertiary/aromatic N) is 5. The van der Waals surface area contributed by atoms with E-state index in [2.05, 4.69) is 25.7 Å². The number of carbonyl (C=O) groups excluding carboxylic acids is 2. The third kappa shape index (κ3) is 8.32. The van der Waals surface area contributed by atoms with E-state index in [1.165, 1.54) is 0 Å². The van der Waals surface area contributed by atoms with E-state index in [1.54, 1.807) is 41.5 Å². The van der Waals surface area contributed by atoms with Gasteiger partial charge >= 0.3 is 24.2 Å². The van der Waals surface area contributed by atoms with Crippen molar-refractivity contribution in [3.63, 3.8) is 0 Å². The molecule has 1 saturated carbocycles. The summed E-state index contributed by atoms with van der Waals surface area (Å²) in [5, 5.41) is 13.6. The van der Waals surface area contributed by atoms with Crippen molar-refractivity contribution in [3.8, 4) is 11.1 Å². The fraction of sp³-hybridized carbons (Fsp3) is 0.464. The van der Waals surface area contributed by atoms with Crippen molar-refractivity contribution in [2.45, 2.75) is 69.0 Å². The van der Waals surface area contributed by atoms with E-state index < -0.39 is 30.2 Å². The lowest BCUT2D eigenvalue weighted by molar-refractivity contribution is -0.186. The number of hydrogen-bond donors (Lipinski definition) is 3. The molecule has 2 aromatic heterocycles. The predicted octanol–water partition coefficient (Wildman–Crippen LogP) is 6.52. The summed E-state index contributed by atoms with van der Waals surface area (Å²) in [6.07, 6.45) is -2.92. The molecular formula is C28H28Cl2F6N8O2. The van der Waals surface area contributed by atoms with Crippen molar-refractivity contribution in [3.05, 3.63) is 46.8 Å². The van der Waals surface area contributed by atoms with Crippen molar-refractivity contribution in [1.29, 1.82) is 0 Å². The number of anilines is 3. The van der Waals surface area contributed by atoms with Gasteiger partial charge in [0.2, 0.25) is 5.95 Å². The third-order valence-electron chi connectivity index (χ3n) is 7.85. The molecule has 2 aliphatic rings. The summed E-state index contributed by atoms with van der Waals surface area (Å²) >= 11 is 12.2. The summed E-state index contributed by atoms with van der Waals surface area (Å²) in [6, 6.07) is 3.79. The molecule has 0 spiro atoms. The summed E-state index contributed by atoms with van der Waals surface area (Å²) in [4.78, 5) is 32.8.